The fraction of sp³-hybridized carbons (Fsp3) is 0.286. The van der Waals surface area contributed by atoms with Gasteiger partial charge in [-0.2, -0.15) is 0 Å². The lowest BCUT2D eigenvalue weighted by atomic mass is 10.2. The quantitative estimate of drug-likeness (QED) is 0.788. The Labute approximate surface area is 116 Å². The highest BCUT2D eigenvalue weighted by atomic mass is 32.1. The summed E-state index contributed by atoms with van der Waals surface area (Å²) in [5.74, 6) is 0.573. The molecule has 0 N–H and O–H groups in total. The number of methoxy groups -OCH3 is 1. The Morgan fingerprint density at radius 1 is 1.37 bits per heavy atom. The molecule has 1 aromatic carbocycles. The fourth-order valence-electron chi connectivity index (χ4n) is 1.57. The summed E-state index contributed by atoms with van der Waals surface area (Å²) in [6.07, 6.45) is 0.206. The van der Waals surface area contributed by atoms with Crippen molar-refractivity contribution in [3.05, 3.63) is 45.9 Å². The van der Waals surface area contributed by atoms with Crippen molar-refractivity contribution in [3.8, 4) is 5.75 Å². The lowest BCUT2D eigenvalue weighted by Gasteiger charge is -2.06. The molecule has 2 rings (SSSR count). The molecule has 0 aliphatic rings. The molecule has 0 spiro atoms. The van der Waals surface area contributed by atoms with E-state index in [0.717, 1.165) is 22.0 Å². The smallest absolute Gasteiger partial charge is 0.311 e. The van der Waals surface area contributed by atoms with Crippen LogP contribution in [0, 0.1) is 6.92 Å². The van der Waals surface area contributed by atoms with Gasteiger partial charge in [-0.3, -0.25) is 4.79 Å². The van der Waals surface area contributed by atoms with Crippen LogP contribution >= 0.6 is 11.3 Å². The zero-order valence-electron chi connectivity index (χ0n) is 10.9. The van der Waals surface area contributed by atoms with Crippen LogP contribution in [0.15, 0.2) is 29.6 Å². The second-order valence-corrected chi connectivity index (χ2v) is 4.98. The molecule has 100 valence electrons. The summed E-state index contributed by atoms with van der Waals surface area (Å²) >= 11 is 1.48. The van der Waals surface area contributed by atoms with Crippen LogP contribution in [-0.4, -0.2) is 18.1 Å². The molecular formula is C14H15NO3S. The summed E-state index contributed by atoms with van der Waals surface area (Å²) < 4.78 is 10.3. The molecule has 0 amide bonds. The number of ether oxygens (including phenoxy) is 2. The molecule has 4 nitrogen and oxygen atoms in total. The van der Waals surface area contributed by atoms with E-state index in [0.29, 0.717) is 6.61 Å². The summed E-state index contributed by atoms with van der Waals surface area (Å²) in [7, 11) is 1.37. The monoisotopic (exact) mass is 277 g/mol. The van der Waals surface area contributed by atoms with Crippen molar-refractivity contribution >= 4 is 17.3 Å². The Morgan fingerprint density at radius 3 is 2.89 bits per heavy atom. The predicted molar refractivity (Wildman–Crippen MR) is 73.3 cm³/mol. The maximum absolute atomic E-state index is 11.1. The van der Waals surface area contributed by atoms with Crippen LogP contribution in [0.3, 0.4) is 0 Å². The number of nitrogens with zero attached hydrogens (tertiary/aromatic N) is 1. The van der Waals surface area contributed by atoms with Gasteiger partial charge in [0.1, 0.15) is 17.4 Å². The molecule has 5 heteroatoms. The maximum atomic E-state index is 11.1. The highest BCUT2D eigenvalue weighted by Crippen LogP contribution is 2.19. The molecule has 1 heterocycles. The molecule has 0 unspecified atom stereocenters. The molecule has 0 radical (unpaired) electrons. The van der Waals surface area contributed by atoms with Gasteiger partial charge < -0.3 is 9.47 Å². The lowest BCUT2D eigenvalue weighted by molar-refractivity contribution is -0.139. The molecule has 0 bridgehead atoms. The van der Waals surface area contributed by atoms with Crippen LogP contribution in [0.1, 0.15) is 16.3 Å². The fourth-order valence-corrected chi connectivity index (χ4v) is 2.28. The lowest BCUT2D eigenvalue weighted by Crippen LogP contribution is -2.05. The number of aryl methyl sites for hydroxylation is 1. The molecule has 0 aliphatic heterocycles. The number of aromatic nitrogens is 1. The average Bonchev–Trinajstić information content (AvgIpc) is 2.85. The van der Waals surface area contributed by atoms with Gasteiger partial charge in [0.25, 0.3) is 0 Å². The number of para-hydroxylation sites is 1. The minimum absolute atomic E-state index is 0.206. The second kappa shape index (κ2) is 6.33. The van der Waals surface area contributed by atoms with Crippen molar-refractivity contribution in [3.63, 3.8) is 0 Å². The summed E-state index contributed by atoms with van der Waals surface area (Å²) in [6.45, 7) is 2.41. The maximum Gasteiger partial charge on any atom is 0.311 e. The van der Waals surface area contributed by atoms with Gasteiger partial charge in [-0.15, -0.1) is 11.3 Å². The zero-order chi connectivity index (χ0) is 13.7. The topological polar surface area (TPSA) is 48.4 Å². The average molecular weight is 277 g/mol. The Bertz CT molecular complexity index is 565. The van der Waals surface area contributed by atoms with E-state index in [4.69, 9.17) is 4.74 Å². The van der Waals surface area contributed by atoms with Crippen molar-refractivity contribution in [1.82, 2.24) is 4.98 Å². The molecule has 0 fully saturated rings. The van der Waals surface area contributed by atoms with Crippen LogP contribution in [0.25, 0.3) is 0 Å². The molecule has 19 heavy (non-hydrogen) atoms. The normalized spacial score (nSPS) is 10.2. The van der Waals surface area contributed by atoms with Gasteiger partial charge in [-0.25, -0.2) is 4.98 Å². The SMILES string of the molecule is COC(=O)Cc1csc(COc2ccccc2C)n1. The van der Waals surface area contributed by atoms with Gasteiger partial charge in [0.15, 0.2) is 0 Å². The number of esters is 1. The van der Waals surface area contributed by atoms with Crippen LogP contribution in [-0.2, 0) is 22.6 Å². The minimum atomic E-state index is -0.281. The number of thiazole rings is 1. The van der Waals surface area contributed by atoms with E-state index in [1.165, 1.54) is 18.4 Å². The highest BCUT2D eigenvalue weighted by Gasteiger charge is 2.08. The Hall–Kier alpha value is -1.88. The van der Waals surface area contributed by atoms with E-state index in [-0.39, 0.29) is 12.4 Å². The van der Waals surface area contributed by atoms with Gasteiger partial charge in [-0.1, -0.05) is 18.2 Å². The Kier molecular flexibility index (Phi) is 4.52. The van der Waals surface area contributed by atoms with Crippen molar-refractivity contribution in [2.75, 3.05) is 7.11 Å². The standard InChI is InChI=1S/C14H15NO3S/c1-10-5-3-4-6-12(10)18-8-13-15-11(9-19-13)7-14(16)17-2/h3-6,9H,7-8H2,1-2H3. The summed E-state index contributed by atoms with van der Waals surface area (Å²) in [5.41, 5.74) is 1.81. The molecule has 2 aromatic rings. The largest absolute Gasteiger partial charge is 0.486 e. The molecule has 0 saturated carbocycles. The van der Waals surface area contributed by atoms with Crippen molar-refractivity contribution in [2.45, 2.75) is 20.0 Å². The number of hydrogen-bond acceptors (Lipinski definition) is 5. The third-order valence-corrected chi connectivity index (χ3v) is 3.47. The summed E-state index contributed by atoms with van der Waals surface area (Å²) in [5, 5.41) is 2.70. The zero-order valence-corrected chi connectivity index (χ0v) is 11.7. The number of carbonyl (C=O) groups excluding carboxylic acids is 1. The number of rotatable bonds is 5. The molecule has 0 saturated heterocycles. The van der Waals surface area contributed by atoms with Gasteiger partial charge in [0.2, 0.25) is 0 Å². The number of hydrogen-bond donors (Lipinski definition) is 0. The first kappa shape index (κ1) is 13.5. The van der Waals surface area contributed by atoms with Gasteiger partial charge in [-0.05, 0) is 18.6 Å². The Morgan fingerprint density at radius 2 is 2.16 bits per heavy atom. The van der Waals surface area contributed by atoms with Gasteiger partial charge in [0, 0.05) is 5.38 Å². The molecule has 0 aliphatic carbocycles. The van der Waals surface area contributed by atoms with Crippen molar-refractivity contribution < 1.29 is 14.3 Å². The summed E-state index contributed by atoms with van der Waals surface area (Å²) in [4.78, 5) is 15.5. The summed E-state index contributed by atoms with van der Waals surface area (Å²) in [6, 6.07) is 7.84. The van der Waals surface area contributed by atoms with E-state index < -0.39 is 0 Å². The highest BCUT2D eigenvalue weighted by molar-refractivity contribution is 7.09. The van der Waals surface area contributed by atoms with E-state index in [2.05, 4.69) is 9.72 Å². The van der Waals surface area contributed by atoms with Crippen LogP contribution in [0.2, 0.25) is 0 Å². The second-order valence-electron chi connectivity index (χ2n) is 4.04. The molecular weight excluding hydrogens is 262 g/mol. The van der Waals surface area contributed by atoms with Crippen molar-refractivity contribution in [1.29, 1.82) is 0 Å². The third kappa shape index (κ3) is 3.79. The van der Waals surface area contributed by atoms with Gasteiger partial charge >= 0.3 is 5.97 Å². The number of benzene rings is 1. The van der Waals surface area contributed by atoms with Crippen LogP contribution in [0.5, 0.6) is 5.75 Å². The van der Waals surface area contributed by atoms with Crippen molar-refractivity contribution in [2.24, 2.45) is 0 Å². The first-order chi connectivity index (χ1) is 9.19. The first-order valence-corrected chi connectivity index (χ1v) is 6.75. The third-order valence-electron chi connectivity index (χ3n) is 2.60. The van der Waals surface area contributed by atoms with Crippen LogP contribution < -0.4 is 4.74 Å². The first-order valence-electron chi connectivity index (χ1n) is 5.87. The minimum Gasteiger partial charge on any atom is -0.486 e. The molecule has 1 aromatic heterocycles. The molecule has 0 atom stereocenters. The van der Waals surface area contributed by atoms with E-state index in [1.807, 2.05) is 36.6 Å². The number of carbonyl (C=O) groups is 1. The predicted octanol–water partition coefficient (Wildman–Crippen LogP) is 2.75. The van der Waals surface area contributed by atoms with E-state index >= 15 is 0 Å². The van der Waals surface area contributed by atoms with Gasteiger partial charge in [0.05, 0.1) is 19.2 Å². The Balaban J connectivity index is 1.94. The van der Waals surface area contributed by atoms with E-state index in [1.54, 1.807) is 0 Å². The van der Waals surface area contributed by atoms with Crippen LogP contribution in [0.4, 0.5) is 0 Å². The van der Waals surface area contributed by atoms with E-state index in [9.17, 15) is 4.79 Å².